The maximum Gasteiger partial charge on any atom is 0.154 e. The molecule has 26 heavy (non-hydrogen) atoms. The smallest absolute Gasteiger partial charge is 0.154 e. The third-order valence-electron chi connectivity index (χ3n) is 3.79. The quantitative estimate of drug-likeness (QED) is 0.424. The zero-order valence-corrected chi connectivity index (χ0v) is 14.4. The molecule has 3 rings (SSSR count). The van der Waals surface area contributed by atoms with Crippen molar-refractivity contribution in [3.63, 3.8) is 0 Å². The van der Waals surface area contributed by atoms with Gasteiger partial charge in [-0.2, -0.15) is 0 Å². The molecule has 1 N–H and O–H groups in total. The van der Waals surface area contributed by atoms with Crippen molar-refractivity contribution < 1.29 is 22.9 Å². The Hall–Kier alpha value is -3.10. The number of aryl methyl sites for hydroxylation is 1. The lowest BCUT2D eigenvalue weighted by Gasteiger charge is -2.11. The van der Waals surface area contributed by atoms with Crippen molar-refractivity contribution in [3.05, 3.63) is 59.7 Å². The first kappa shape index (κ1) is 17.7. The Morgan fingerprint density at radius 2 is 1.81 bits per heavy atom. The number of carbonyl (C=O) groups excluding carboxylic acids is 1. The van der Waals surface area contributed by atoms with E-state index in [1.165, 1.54) is 18.2 Å². The van der Waals surface area contributed by atoms with E-state index in [1.807, 2.05) is 0 Å². The van der Waals surface area contributed by atoms with Crippen LogP contribution in [0.2, 0.25) is 0 Å². The first-order valence-electron chi connectivity index (χ1n) is 7.49. The lowest BCUT2D eigenvalue weighted by atomic mass is 10.0. The molecular weight excluding hydrogens is 356 g/mol. The summed E-state index contributed by atoms with van der Waals surface area (Å²) < 4.78 is 34.3. The molecule has 0 spiro atoms. The van der Waals surface area contributed by atoms with Crippen LogP contribution in [0.15, 0.2) is 63.7 Å². The van der Waals surface area contributed by atoms with Crippen LogP contribution in [0.5, 0.6) is 5.75 Å². The first-order valence-corrected chi connectivity index (χ1v) is 8.90. The van der Waals surface area contributed by atoms with Crippen molar-refractivity contribution in [2.45, 2.75) is 11.8 Å². The molecule has 132 valence electrons. The van der Waals surface area contributed by atoms with Gasteiger partial charge in [-0.05, 0) is 36.1 Å². The number of carbonyl (C=O) groups is 1. The number of rotatable bonds is 4. The summed E-state index contributed by atoms with van der Waals surface area (Å²) in [5.41, 5.74) is 0.471. The molecule has 0 heterocycles. The summed E-state index contributed by atoms with van der Waals surface area (Å²) in [6, 6.07) is 12.6. The maximum absolute atomic E-state index is 11.4. The van der Waals surface area contributed by atoms with Crippen LogP contribution < -0.4 is 0 Å². The molecule has 0 aromatic heterocycles. The van der Waals surface area contributed by atoms with Gasteiger partial charge in [-0.25, -0.2) is 8.42 Å². The average Bonchev–Trinajstić information content (AvgIpc) is 2.60. The summed E-state index contributed by atoms with van der Waals surface area (Å²) in [4.78, 5) is 10.7. The third kappa shape index (κ3) is 3.32. The number of fused-ring (bicyclic) bond motifs is 1. The van der Waals surface area contributed by atoms with Crippen LogP contribution in [-0.4, -0.2) is 24.4 Å². The van der Waals surface area contributed by atoms with E-state index >= 15 is 0 Å². The molecule has 0 aliphatic carbocycles. The zero-order valence-electron chi connectivity index (χ0n) is 13.6. The van der Waals surface area contributed by atoms with Gasteiger partial charge in [0.05, 0.1) is 10.5 Å². The molecule has 3 aromatic carbocycles. The normalized spacial score (nSPS) is 11.9. The molecule has 3 aromatic rings. The molecule has 8 heteroatoms. The number of phenolic OH excluding ortho intramolecular Hbond substituents is 1. The summed E-state index contributed by atoms with van der Waals surface area (Å²) >= 11 is 0. The predicted octanol–water partition coefficient (Wildman–Crippen LogP) is 3.99. The highest BCUT2D eigenvalue weighted by molar-refractivity contribution is 7.86. The molecule has 0 amide bonds. The minimum atomic E-state index is -4.75. The zero-order chi connectivity index (χ0) is 18.9. The van der Waals surface area contributed by atoms with Gasteiger partial charge in [0.1, 0.15) is 21.5 Å². The summed E-state index contributed by atoms with van der Waals surface area (Å²) in [6.45, 7) is 1.64. The summed E-state index contributed by atoms with van der Waals surface area (Å²) in [5.74, 6) is -0.374. The fourth-order valence-corrected chi connectivity index (χ4v) is 3.23. The van der Waals surface area contributed by atoms with E-state index in [1.54, 1.807) is 37.3 Å². The lowest BCUT2D eigenvalue weighted by molar-refractivity contribution is 0.112. The highest BCUT2D eigenvalue weighted by Crippen LogP contribution is 2.39. The minimum absolute atomic E-state index is 0.0139. The topological polar surface area (TPSA) is 119 Å². The SMILES string of the molecule is Cc1ccc(N=Nc2c(O)c(C=O)cc3ccccc23)c(S(=O)(=O)[O-])c1. The minimum Gasteiger partial charge on any atom is -0.744 e. The second kappa shape index (κ2) is 6.66. The number of hydrogen-bond donors (Lipinski definition) is 1. The Bertz CT molecular complexity index is 1150. The van der Waals surface area contributed by atoms with E-state index in [0.717, 1.165) is 0 Å². The number of hydrogen-bond acceptors (Lipinski definition) is 7. The van der Waals surface area contributed by atoms with Gasteiger partial charge in [0.25, 0.3) is 0 Å². The van der Waals surface area contributed by atoms with Gasteiger partial charge >= 0.3 is 0 Å². The van der Waals surface area contributed by atoms with E-state index < -0.39 is 15.0 Å². The van der Waals surface area contributed by atoms with Gasteiger partial charge in [0.15, 0.2) is 12.0 Å². The van der Waals surface area contributed by atoms with Crippen LogP contribution >= 0.6 is 0 Å². The van der Waals surface area contributed by atoms with E-state index in [-0.39, 0.29) is 22.7 Å². The fourth-order valence-electron chi connectivity index (χ4n) is 2.54. The highest BCUT2D eigenvalue weighted by atomic mass is 32.2. The predicted molar refractivity (Wildman–Crippen MR) is 94.3 cm³/mol. The van der Waals surface area contributed by atoms with Gasteiger partial charge < -0.3 is 9.66 Å². The van der Waals surface area contributed by atoms with Crippen molar-refractivity contribution in [2.24, 2.45) is 10.2 Å². The number of aldehydes is 1. The van der Waals surface area contributed by atoms with Gasteiger partial charge in [-0.3, -0.25) is 4.79 Å². The molecule has 7 nitrogen and oxygen atoms in total. The molecule has 0 fully saturated rings. The number of nitrogens with zero attached hydrogens (tertiary/aromatic N) is 2. The molecular formula is C18H13N2O5S-. The van der Waals surface area contributed by atoms with Crippen molar-refractivity contribution >= 4 is 38.6 Å². The average molecular weight is 369 g/mol. The third-order valence-corrected chi connectivity index (χ3v) is 4.66. The Labute approximate surface area is 149 Å². The van der Waals surface area contributed by atoms with Gasteiger partial charge in [0.2, 0.25) is 0 Å². The Morgan fingerprint density at radius 1 is 1.08 bits per heavy atom. The van der Waals surface area contributed by atoms with E-state index in [4.69, 9.17) is 0 Å². The van der Waals surface area contributed by atoms with Crippen LogP contribution in [0.25, 0.3) is 10.8 Å². The molecule has 0 radical (unpaired) electrons. The Balaban J connectivity index is 2.22. The van der Waals surface area contributed by atoms with Crippen LogP contribution in [0.4, 0.5) is 11.4 Å². The van der Waals surface area contributed by atoms with Crippen LogP contribution in [-0.2, 0) is 10.1 Å². The number of aromatic hydroxyl groups is 1. The molecule has 0 aliphatic heterocycles. The highest BCUT2D eigenvalue weighted by Gasteiger charge is 2.13. The summed E-state index contributed by atoms with van der Waals surface area (Å²) in [7, 11) is -4.75. The van der Waals surface area contributed by atoms with Crippen molar-refractivity contribution in [3.8, 4) is 5.75 Å². The largest absolute Gasteiger partial charge is 0.744 e. The number of benzene rings is 3. The van der Waals surface area contributed by atoms with Crippen molar-refractivity contribution in [1.82, 2.24) is 0 Å². The monoisotopic (exact) mass is 369 g/mol. The lowest BCUT2D eigenvalue weighted by Crippen LogP contribution is -1.99. The van der Waals surface area contributed by atoms with Gasteiger partial charge in [0, 0.05) is 5.39 Å². The second-order valence-corrected chi connectivity index (χ2v) is 6.98. The van der Waals surface area contributed by atoms with Gasteiger partial charge in [-0.15, -0.1) is 10.2 Å². The fraction of sp³-hybridized carbons (Fsp3) is 0.0556. The maximum atomic E-state index is 11.4. The molecule has 0 atom stereocenters. The van der Waals surface area contributed by atoms with Crippen LogP contribution in [0.3, 0.4) is 0 Å². The molecule has 0 bridgehead atoms. The van der Waals surface area contributed by atoms with E-state index in [0.29, 0.717) is 22.6 Å². The van der Waals surface area contributed by atoms with E-state index in [2.05, 4.69) is 10.2 Å². The standard InChI is InChI=1S/C18H14N2O5S/c1-11-6-7-15(16(8-11)26(23,24)25)19-20-17-14-5-3-2-4-12(14)9-13(10-21)18(17)22/h2-10,22H,1H3,(H,23,24,25)/p-1. The Morgan fingerprint density at radius 3 is 2.50 bits per heavy atom. The molecule has 0 saturated heterocycles. The Kier molecular flexibility index (Phi) is 4.54. The number of azo groups is 1. The first-order chi connectivity index (χ1) is 12.3. The van der Waals surface area contributed by atoms with Crippen molar-refractivity contribution in [2.75, 3.05) is 0 Å². The summed E-state index contributed by atoms with van der Waals surface area (Å²) in [5, 5.41) is 19.2. The van der Waals surface area contributed by atoms with Crippen LogP contribution in [0.1, 0.15) is 15.9 Å². The van der Waals surface area contributed by atoms with E-state index in [9.17, 15) is 22.9 Å². The van der Waals surface area contributed by atoms with Gasteiger partial charge in [-0.1, -0.05) is 30.3 Å². The molecule has 0 aliphatic rings. The number of phenols is 1. The van der Waals surface area contributed by atoms with Crippen molar-refractivity contribution in [1.29, 1.82) is 0 Å². The second-order valence-electron chi connectivity index (χ2n) is 5.63. The van der Waals surface area contributed by atoms with Crippen LogP contribution in [0, 0.1) is 6.92 Å². The molecule has 0 unspecified atom stereocenters. The molecule has 0 saturated carbocycles. The summed E-state index contributed by atoms with van der Waals surface area (Å²) in [6.07, 6.45) is 0.486.